The number of esters is 2. The van der Waals surface area contributed by atoms with E-state index < -0.39 is 11.9 Å². The molecule has 0 aliphatic heterocycles. The van der Waals surface area contributed by atoms with Gasteiger partial charge in [0, 0.05) is 21.9 Å². The largest absolute Gasteiger partial charge is 0.497 e. The van der Waals surface area contributed by atoms with Gasteiger partial charge in [0.2, 0.25) is 11.5 Å². The summed E-state index contributed by atoms with van der Waals surface area (Å²) in [4.78, 5) is 37.9. The second kappa shape index (κ2) is 15.2. The number of carbonyl (C=O) groups excluding carboxylic acids is 2. The lowest BCUT2D eigenvalue weighted by Gasteiger charge is -2.16. The third-order valence-corrected chi connectivity index (χ3v) is 8.58. The van der Waals surface area contributed by atoms with E-state index in [0.717, 1.165) is 0 Å². The van der Waals surface area contributed by atoms with Crippen molar-refractivity contribution >= 4 is 33.7 Å². The first-order valence-electron chi connectivity index (χ1n) is 16.1. The van der Waals surface area contributed by atoms with Gasteiger partial charge in [0.15, 0.2) is 23.0 Å². The molecule has 0 fully saturated rings. The van der Waals surface area contributed by atoms with Crippen molar-refractivity contribution in [3.05, 3.63) is 83.9 Å². The molecule has 2 heterocycles. The van der Waals surface area contributed by atoms with E-state index in [9.17, 15) is 9.59 Å². The summed E-state index contributed by atoms with van der Waals surface area (Å²) >= 11 is 0. The molecule has 0 aliphatic rings. The summed E-state index contributed by atoms with van der Waals surface area (Å²) in [6, 6.07) is 20.1. The van der Waals surface area contributed by atoms with Gasteiger partial charge in [0.1, 0.15) is 11.5 Å². The zero-order valence-electron chi connectivity index (χ0n) is 30.3. The topological polar surface area (TPSA) is 143 Å². The van der Waals surface area contributed by atoms with Crippen LogP contribution in [0.25, 0.3) is 44.3 Å². The molecule has 13 nitrogen and oxygen atoms in total. The van der Waals surface area contributed by atoms with Crippen molar-refractivity contribution in [2.75, 3.05) is 56.9 Å². The van der Waals surface area contributed by atoms with E-state index in [0.29, 0.717) is 90.3 Å². The van der Waals surface area contributed by atoms with Gasteiger partial charge in [-0.25, -0.2) is 19.6 Å². The Hall–Kier alpha value is -6.76. The summed E-state index contributed by atoms with van der Waals surface area (Å²) in [7, 11) is 12.0. The molecule has 272 valence electrons. The van der Waals surface area contributed by atoms with E-state index in [1.807, 2.05) is 0 Å². The van der Waals surface area contributed by atoms with E-state index in [-0.39, 0.29) is 11.1 Å². The monoisotopic (exact) mass is 720 g/mol. The fourth-order valence-corrected chi connectivity index (χ4v) is 5.95. The molecular formula is C40H36N2O11. The fraction of sp³-hybridized carbons (Fsp3) is 0.200. The molecule has 0 atom stereocenters. The Morgan fingerprint density at radius 3 is 1.09 bits per heavy atom. The molecule has 0 amide bonds. The SMILES string of the molecule is COc1ccc2nc(-c3cc(OC)c(OC)c(OC)c3)cc(C(=O)OC(=O)c3cc(-c4cc(OC)c(OC)c(OC)c4)nc4ccc(OC)cc34)c2c1. The van der Waals surface area contributed by atoms with Gasteiger partial charge in [-0.15, -0.1) is 0 Å². The molecule has 0 radical (unpaired) electrons. The van der Waals surface area contributed by atoms with Crippen molar-refractivity contribution in [3.63, 3.8) is 0 Å². The Labute approximate surface area is 304 Å². The maximum Gasteiger partial charge on any atom is 0.346 e. The normalized spacial score (nSPS) is 10.8. The van der Waals surface area contributed by atoms with Crippen LogP contribution in [0, 0.1) is 0 Å². The number of benzene rings is 4. The second-order valence-corrected chi connectivity index (χ2v) is 11.4. The molecule has 2 aromatic heterocycles. The van der Waals surface area contributed by atoms with Crippen molar-refractivity contribution in [1.29, 1.82) is 0 Å². The molecule has 4 aromatic carbocycles. The smallest absolute Gasteiger partial charge is 0.346 e. The number of hydrogen-bond donors (Lipinski definition) is 0. The molecule has 0 bridgehead atoms. The van der Waals surface area contributed by atoms with Gasteiger partial charge in [-0.1, -0.05) is 0 Å². The number of pyridine rings is 2. The number of rotatable bonds is 12. The zero-order chi connectivity index (χ0) is 37.8. The summed E-state index contributed by atoms with van der Waals surface area (Å²) < 4.78 is 49.7. The highest BCUT2D eigenvalue weighted by atomic mass is 16.6. The lowest BCUT2D eigenvalue weighted by molar-refractivity contribution is 0.0400. The summed E-state index contributed by atoms with van der Waals surface area (Å²) in [5.41, 5.74) is 2.88. The van der Waals surface area contributed by atoms with Crippen LogP contribution in [0.3, 0.4) is 0 Å². The lowest BCUT2D eigenvalue weighted by atomic mass is 10.0. The van der Waals surface area contributed by atoms with E-state index in [4.69, 9.17) is 52.6 Å². The van der Waals surface area contributed by atoms with Gasteiger partial charge in [-0.3, -0.25) is 0 Å². The van der Waals surface area contributed by atoms with E-state index in [1.54, 1.807) is 60.7 Å². The molecule has 0 N–H and O–H groups in total. The van der Waals surface area contributed by atoms with Crippen LogP contribution >= 0.6 is 0 Å². The van der Waals surface area contributed by atoms with Crippen molar-refractivity contribution in [1.82, 2.24) is 9.97 Å². The van der Waals surface area contributed by atoms with Crippen LogP contribution in [0.2, 0.25) is 0 Å². The van der Waals surface area contributed by atoms with E-state index >= 15 is 0 Å². The molecule has 0 unspecified atom stereocenters. The third kappa shape index (κ3) is 6.84. The Morgan fingerprint density at radius 2 is 0.792 bits per heavy atom. The first-order chi connectivity index (χ1) is 25.7. The first-order valence-corrected chi connectivity index (χ1v) is 16.1. The maximum atomic E-state index is 14.2. The number of methoxy groups -OCH3 is 8. The van der Waals surface area contributed by atoms with Gasteiger partial charge in [-0.05, 0) is 72.8 Å². The highest BCUT2D eigenvalue weighted by Crippen LogP contribution is 2.43. The number of aromatic nitrogens is 2. The van der Waals surface area contributed by atoms with Gasteiger partial charge in [0.25, 0.3) is 0 Å². The molecule has 6 aromatic rings. The number of fused-ring (bicyclic) bond motifs is 2. The van der Waals surface area contributed by atoms with Crippen molar-refractivity contribution in [2.45, 2.75) is 0 Å². The van der Waals surface area contributed by atoms with Crippen molar-refractivity contribution in [2.24, 2.45) is 0 Å². The van der Waals surface area contributed by atoms with Gasteiger partial charge in [0.05, 0.1) is 90.4 Å². The van der Waals surface area contributed by atoms with Crippen LogP contribution in [0.5, 0.6) is 46.0 Å². The Morgan fingerprint density at radius 1 is 0.434 bits per heavy atom. The number of hydrogen-bond acceptors (Lipinski definition) is 13. The molecular weight excluding hydrogens is 684 g/mol. The van der Waals surface area contributed by atoms with Crippen LogP contribution in [0.15, 0.2) is 72.8 Å². The number of nitrogens with zero attached hydrogens (tertiary/aromatic N) is 2. The van der Waals surface area contributed by atoms with Crippen LogP contribution in [0.4, 0.5) is 0 Å². The fourth-order valence-electron chi connectivity index (χ4n) is 5.95. The Balaban J connectivity index is 1.48. The lowest BCUT2D eigenvalue weighted by Crippen LogP contribution is -2.15. The average Bonchev–Trinajstić information content (AvgIpc) is 3.20. The van der Waals surface area contributed by atoms with Crippen LogP contribution in [0.1, 0.15) is 20.7 Å². The van der Waals surface area contributed by atoms with Gasteiger partial charge in [-0.2, -0.15) is 0 Å². The summed E-state index contributed by atoms with van der Waals surface area (Å²) in [6.45, 7) is 0. The minimum Gasteiger partial charge on any atom is -0.497 e. The molecule has 0 saturated heterocycles. The molecule has 0 aliphatic carbocycles. The van der Waals surface area contributed by atoms with Crippen molar-refractivity contribution in [3.8, 4) is 68.5 Å². The van der Waals surface area contributed by atoms with Crippen LogP contribution in [-0.4, -0.2) is 78.8 Å². The number of ether oxygens (including phenoxy) is 9. The third-order valence-electron chi connectivity index (χ3n) is 8.58. The molecule has 13 heteroatoms. The minimum atomic E-state index is -0.925. The average molecular weight is 721 g/mol. The predicted octanol–water partition coefficient (Wildman–Crippen LogP) is 7.18. The highest BCUT2D eigenvalue weighted by molar-refractivity contribution is 6.13. The molecule has 0 saturated carbocycles. The Kier molecular flexibility index (Phi) is 10.4. The molecule has 53 heavy (non-hydrogen) atoms. The Bertz CT molecular complexity index is 2160. The van der Waals surface area contributed by atoms with Crippen LogP contribution in [-0.2, 0) is 4.74 Å². The summed E-state index contributed by atoms with van der Waals surface area (Å²) in [5.74, 6) is 1.44. The quantitative estimate of drug-likeness (QED) is 0.0931. The zero-order valence-corrected chi connectivity index (χ0v) is 30.3. The summed E-state index contributed by atoms with van der Waals surface area (Å²) in [6.07, 6.45) is 0. The van der Waals surface area contributed by atoms with Crippen LogP contribution < -0.4 is 37.9 Å². The van der Waals surface area contributed by atoms with Gasteiger partial charge < -0.3 is 42.6 Å². The minimum absolute atomic E-state index is 0.0618. The molecule has 0 spiro atoms. The van der Waals surface area contributed by atoms with E-state index in [1.165, 1.54) is 69.0 Å². The van der Waals surface area contributed by atoms with E-state index in [2.05, 4.69) is 0 Å². The molecule has 6 rings (SSSR count). The predicted molar refractivity (Wildman–Crippen MR) is 197 cm³/mol. The van der Waals surface area contributed by atoms with Gasteiger partial charge >= 0.3 is 11.9 Å². The summed E-state index contributed by atoms with van der Waals surface area (Å²) in [5, 5.41) is 0.801. The second-order valence-electron chi connectivity index (χ2n) is 11.4. The van der Waals surface area contributed by atoms with Crippen molar-refractivity contribution < 1.29 is 52.2 Å². The number of carbonyl (C=O) groups is 2. The maximum absolute atomic E-state index is 14.2. The highest BCUT2D eigenvalue weighted by Gasteiger charge is 2.25. The standard InChI is InChI=1S/C40H36N2O11/c1-45-23-9-11-29-25(17-23)27(19-31(41-29)21-13-33(47-3)37(51-7)34(14-21)48-4)39(43)53-40(44)28-20-32(42-30-12-10-24(46-2)18-26(28)30)22-15-35(49-5)38(52-8)36(16-22)50-6/h9-20H,1-8H3. The first kappa shape index (κ1) is 36.0.